The number of aromatic nitrogens is 2. The standard InChI is InChI=1S/C19H23N5O/c25-18(16-6-8-20-14-16)23-10-12-24(13-11-23)19-21-9-7-17(22-19)15-4-2-1-3-5-15/h1-5,7,9,16,20H,6,8,10-14H2/t16-/m1/s1. The smallest absolute Gasteiger partial charge is 0.227 e. The Balaban J connectivity index is 1.42. The molecule has 2 aliphatic heterocycles. The van der Waals surface area contributed by atoms with Gasteiger partial charge in [-0.1, -0.05) is 30.3 Å². The fourth-order valence-electron chi connectivity index (χ4n) is 3.52. The molecular formula is C19H23N5O. The highest BCUT2D eigenvalue weighted by Crippen LogP contribution is 2.20. The van der Waals surface area contributed by atoms with Crippen LogP contribution in [0.2, 0.25) is 0 Å². The maximum Gasteiger partial charge on any atom is 0.227 e. The number of nitrogens with zero attached hydrogens (tertiary/aromatic N) is 4. The Morgan fingerprint density at radius 1 is 1.08 bits per heavy atom. The average Bonchev–Trinajstić information content (AvgIpc) is 3.23. The maximum absolute atomic E-state index is 12.5. The van der Waals surface area contributed by atoms with Gasteiger partial charge in [0.2, 0.25) is 11.9 Å². The molecule has 1 aromatic heterocycles. The van der Waals surface area contributed by atoms with E-state index in [1.165, 1.54) is 0 Å². The summed E-state index contributed by atoms with van der Waals surface area (Å²) in [7, 11) is 0. The fraction of sp³-hybridized carbons (Fsp3) is 0.421. The molecule has 6 heteroatoms. The molecule has 1 amide bonds. The zero-order valence-electron chi connectivity index (χ0n) is 14.3. The Hall–Kier alpha value is -2.47. The van der Waals surface area contributed by atoms with Crippen LogP contribution >= 0.6 is 0 Å². The van der Waals surface area contributed by atoms with Crippen LogP contribution in [0.25, 0.3) is 11.3 Å². The summed E-state index contributed by atoms with van der Waals surface area (Å²) < 4.78 is 0. The van der Waals surface area contributed by atoms with Crippen molar-refractivity contribution in [1.29, 1.82) is 0 Å². The summed E-state index contributed by atoms with van der Waals surface area (Å²) in [5, 5.41) is 3.27. The van der Waals surface area contributed by atoms with Crippen molar-refractivity contribution in [1.82, 2.24) is 20.2 Å². The van der Waals surface area contributed by atoms with Gasteiger partial charge in [0.05, 0.1) is 11.6 Å². The van der Waals surface area contributed by atoms with E-state index in [1.54, 1.807) is 0 Å². The van der Waals surface area contributed by atoms with E-state index >= 15 is 0 Å². The van der Waals surface area contributed by atoms with Crippen molar-refractivity contribution in [2.24, 2.45) is 5.92 Å². The highest BCUT2D eigenvalue weighted by molar-refractivity contribution is 5.79. The third kappa shape index (κ3) is 3.49. The van der Waals surface area contributed by atoms with Crippen LogP contribution in [-0.2, 0) is 4.79 Å². The number of amides is 1. The minimum Gasteiger partial charge on any atom is -0.339 e. The summed E-state index contributed by atoms with van der Waals surface area (Å²) in [5.41, 5.74) is 2.02. The summed E-state index contributed by atoms with van der Waals surface area (Å²) in [6.45, 7) is 4.83. The first-order chi connectivity index (χ1) is 12.3. The molecule has 0 radical (unpaired) electrons. The second kappa shape index (κ2) is 7.19. The predicted molar refractivity (Wildman–Crippen MR) is 97.2 cm³/mol. The highest BCUT2D eigenvalue weighted by Gasteiger charge is 2.29. The average molecular weight is 337 g/mol. The number of anilines is 1. The van der Waals surface area contributed by atoms with Gasteiger partial charge in [0, 0.05) is 44.5 Å². The van der Waals surface area contributed by atoms with E-state index in [1.807, 2.05) is 35.4 Å². The van der Waals surface area contributed by atoms with Gasteiger partial charge < -0.3 is 15.1 Å². The molecule has 3 heterocycles. The largest absolute Gasteiger partial charge is 0.339 e. The van der Waals surface area contributed by atoms with E-state index in [9.17, 15) is 4.79 Å². The van der Waals surface area contributed by atoms with E-state index in [2.05, 4.69) is 27.3 Å². The molecule has 25 heavy (non-hydrogen) atoms. The summed E-state index contributed by atoms with van der Waals surface area (Å²) in [5.74, 6) is 1.20. The van der Waals surface area contributed by atoms with Crippen molar-refractivity contribution in [3.63, 3.8) is 0 Å². The number of hydrogen-bond donors (Lipinski definition) is 1. The molecule has 0 bridgehead atoms. The van der Waals surface area contributed by atoms with Crippen molar-refractivity contribution in [2.75, 3.05) is 44.2 Å². The van der Waals surface area contributed by atoms with Gasteiger partial charge >= 0.3 is 0 Å². The van der Waals surface area contributed by atoms with Crippen molar-refractivity contribution < 1.29 is 4.79 Å². The van der Waals surface area contributed by atoms with Gasteiger partial charge in [-0.15, -0.1) is 0 Å². The molecule has 4 rings (SSSR count). The quantitative estimate of drug-likeness (QED) is 0.917. The Bertz CT molecular complexity index is 722. The van der Waals surface area contributed by atoms with E-state index in [4.69, 9.17) is 4.98 Å². The molecule has 2 fully saturated rings. The zero-order valence-corrected chi connectivity index (χ0v) is 14.3. The number of carbonyl (C=O) groups excluding carboxylic acids is 1. The molecule has 1 N–H and O–H groups in total. The molecule has 0 saturated carbocycles. The van der Waals surface area contributed by atoms with Crippen LogP contribution in [0.3, 0.4) is 0 Å². The zero-order chi connectivity index (χ0) is 17.1. The second-order valence-electron chi connectivity index (χ2n) is 6.61. The molecule has 1 aromatic carbocycles. The number of rotatable bonds is 3. The van der Waals surface area contributed by atoms with Gasteiger partial charge in [-0.3, -0.25) is 4.79 Å². The van der Waals surface area contributed by atoms with Crippen molar-refractivity contribution in [3.05, 3.63) is 42.6 Å². The Labute approximate surface area is 147 Å². The molecule has 130 valence electrons. The van der Waals surface area contributed by atoms with Gasteiger partial charge in [-0.05, 0) is 19.0 Å². The maximum atomic E-state index is 12.5. The monoisotopic (exact) mass is 337 g/mol. The summed E-state index contributed by atoms with van der Waals surface area (Å²) in [4.78, 5) is 25.8. The van der Waals surface area contributed by atoms with Gasteiger partial charge in [-0.2, -0.15) is 0 Å². The van der Waals surface area contributed by atoms with Gasteiger partial charge in [0.15, 0.2) is 0 Å². The van der Waals surface area contributed by atoms with Crippen molar-refractivity contribution >= 4 is 11.9 Å². The number of piperazine rings is 1. The van der Waals surface area contributed by atoms with Crippen LogP contribution in [0.1, 0.15) is 6.42 Å². The minimum atomic E-state index is 0.157. The molecule has 0 unspecified atom stereocenters. The Morgan fingerprint density at radius 2 is 1.88 bits per heavy atom. The molecular weight excluding hydrogens is 314 g/mol. The van der Waals surface area contributed by atoms with Gasteiger partial charge in [-0.25, -0.2) is 9.97 Å². The highest BCUT2D eigenvalue weighted by atomic mass is 16.2. The third-order valence-corrected chi connectivity index (χ3v) is 5.00. The lowest BCUT2D eigenvalue weighted by atomic mass is 10.1. The van der Waals surface area contributed by atoms with Crippen LogP contribution in [0.15, 0.2) is 42.6 Å². The summed E-state index contributed by atoms with van der Waals surface area (Å²) >= 11 is 0. The van der Waals surface area contributed by atoms with Crippen LogP contribution in [-0.4, -0.2) is 60.0 Å². The first kappa shape index (κ1) is 16.0. The molecule has 6 nitrogen and oxygen atoms in total. The first-order valence-corrected chi connectivity index (χ1v) is 8.94. The number of hydrogen-bond acceptors (Lipinski definition) is 5. The van der Waals surface area contributed by atoms with Crippen LogP contribution < -0.4 is 10.2 Å². The summed E-state index contributed by atoms with van der Waals surface area (Å²) in [6.07, 6.45) is 2.77. The van der Waals surface area contributed by atoms with Crippen molar-refractivity contribution in [3.8, 4) is 11.3 Å². The molecule has 2 saturated heterocycles. The van der Waals surface area contributed by atoms with E-state index in [0.29, 0.717) is 5.91 Å². The second-order valence-corrected chi connectivity index (χ2v) is 6.61. The normalized spacial score (nSPS) is 20.7. The molecule has 1 atom stereocenters. The van der Waals surface area contributed by atoms with E-state index in [0.717, 1.165) is 62.9 Å². The van der Waals surface area contributed by atoms with E-state index in [-0.39, 0.29) is 5.92 Å². The topological polar surface area (TPSA) is 61.4 Å². The lowest BCUT2D eigenvalue weighted by Gasteiger charge is -2.36. The minimum absolute atomic E-state index is 0.157. The fourth-order valence-corrected chi connectivity index (χ4v) is 3.52. The van der Waals surface area contributed by atoms with Gasteiger partial charge in [0.1, 0.15) is 0 Å². The lowest BCUT2D eigenvalue weighted by Crippen LogP contribution is -2.51. The Kier molecular flexibility index (Phi) is 4.61. The first-order valence-electron chi connectivity index (χ1n) is 8.94. The third-order valence-electron chi connectivity index (χ3n) is 5.00. The van der Waals surface area contributed by atoms with Crippen LogP contribution in [0, 0.1) is 5.92 Å². The number of carbonyl (C=O) groups is 1. The number of benzene rings is 1. The molecule has 2 aliphatic rings. The molecule has 0 aliphatic carbocycles. The van der Waals surface area contributed by atoms with Crippen LogP contribution in [0.5, 0.6) is 0 Å². The van der Waals surface area contributed by atoms with Crippen LogP contribution in [0.4, 0.5) is 5.95 Å². The molecule has 2 aromatic rings. The van der Waals surface area contributed by atoms with Crippen molar-refractivity contribution in [2.45, 2.75) is 6.42 Å². The molecule has 0 spiro atoms. The Morgan fingerprint density at radius 3 is 2.60 bits per heavy atom. The number of nitrogens with one attached hydrogen (secondary N) is 1. The van der Waals surface area contributed by atoms with E-state index < -0.39 is 0 Å². The summed E-state index contributed by atoms with van der Waals surface area (Å²) in [6, 6.07) is 12.1. The lowest BCUT2D eigenvalue weighted by molar-refractivity contribution is -0.135. The predicted octanol–water partition coefficient (Wildman–Crippen LogP) is 1.40. The van der Waals surface area contributed by atoms with Gasteiger partial charge in [0.25, 0.3) is 0 Å². The SMILES string of the molecule is O=C([C@@H]1CCNC1)N1CCN(c2nccc(-c3ccccc3)n2)CC1.